The SMILES string of the molecule is CC.CC.CC#CC.Cc1c(-c2ccccc2)c(-c2ccncc2)nn1C. The molecule has 0 spiro atoms. The highest BCUT2D eigenvalue weighted by Crippen LogP contribution is 2.33. The highest BCUT2D eigenvalue weighted by molar-refractivity contribution is 5.82. The second kappa shape index (κ2) is 14.3. The summed E-state index contributed by atoms with van der Waals surface area (Å²) in [6.45, 7) is 13.7. The van der Waals surface area contributed by atoms with Crippen LogP contribution in [0.5, 0.6) is 0 Å². The van der Waals surface area contributed by atoms with Crippen LogP contribution in [0.15, 0.2) is 54.9 Å². The lowest BCUT2D eigenvalue weighted by atomic mass is 10.00. The zero-order chi connectivity index (χ0) is 20.7. The lowest BCUT2D eigenvalue weighted by Gasteiger charge is -2.04. The Morgan fingerprint density at radius 3 is 1.78 bits per heavy atom. The molecule has 144 valence electrons. The van der Waals surface area contributed by atoms with Crippen LogP contribution in [0.4, 0.5) is 0 Å². The van der Waals surface area contributed by atoms with Gasteiger partial charge in [0.05, 0.1) is 0 Å². The number of hydrogen-bond donors (Lipinski definition) is 0. The maximum Gasteiger partial charge on any atom is 0.100 e. The van der Waals surface area contributed by atoms with Crippen LogP contribution in [0.25, 0.3) is 22.4 Å². The van der Waals surface area contributed by atoms with Crippen LogP contribution in [-0.4, -0.2) is 14.8 Å². The minimum atomic E-state index is 1.01. The standard InChI is InChI=1S/C16H15N3.C4H6.2C2H6/c1-12-15(13-6-4-3-5-7-13)16(18-19(12)2)14-8-10-17-11-9-14;1-3-4-2;2*1-2/h3-11H,1-2H3;1-2H3;2*1-2H3. The Kier molecular flexibility index (Phi) is 12.8. The number of rotatable bonds is 2. The van der Waals surface area contributed by atoms with E-state index in [0.29, 0.717) is 0 Å². The second-order valence-electron chi connectivity index (χ2n) is 5.03. The van der Waals surface area contributed by atoms with Crippen LogP contribution in [0, 0.1) is 18.8 Å². The quantitative estimate of drug-likeness (QED) is 0.484. The zero-order valence-electron chi connectivity index (χ0n) is 18.0. The van der Waals surface area contributed by atoms with Crippen molar-refractivity contribution < 1.29 is 0 Å². The summed E-state index contributed by atoms with van der Waals surface area (Å²) in [6, 6.07) is 14.4. The van der Waals surface area contributed by atoms with Crippen LogP contribution in [-0.2, 0) is 7.05 Å². The first-order valence-corrected chi connectivity index (χ1v) is 9.52. The molecule has 0 aliphatic heterocycles. The van der Waals surface area contributed by atoms with Crippen molar-refractivity contribution in [2.45, 2.75) is 48.5 Å². The summed E-state index contributed by atoms with van der Waals surface area (Å²) in [5, 5.41) is 4.65. The number of nitrogens with zero attached hydrogens (tertiary/aromatic N) is 3. The minimum absolute atomic E-state index is 1.01. The van der Waals surface area contributed by atoms with Crippen molar-refractivity contribution in [1.29, 1.82) is 0 Å². The summed E-state index contributed by atoms with van der Waals surface area (Å²) >= 11 is 0. The first-order chi connectivity index (χ1) is 13.2. The van der Waals surface area contributed by atoms with E-state index < -0.39 is 0 Å². The van der Waals surface area contributed by atoms with E-state index in [1.807, 2.05) is 71.5 Å². The first-order valence-electron chi connectivity index (χ1n) is 9.52. The number of benzene rings is 1. The van der Waals surface area contributed by atoms with Gasteiger partial charge in [-0.2, -0.15) is 5.10 Å². The average molecular weight is 364 g/mol. The molecule has 1 aromatic carbocycles. The average Bonchev–Trinajstić information content (AvgIpc) is 3.07. The predicted molar refractivity (Wildman–Crippen MR) is 118 cm³/mol. The number of aromatic nitrogens is 3. The summed E-state index contributed by atoms with van der Waals surface area (Å²) in [5.74, 6) is 5.36. The number of aryl methyl sites for hydroxylation is 1. The molecule has 0 bridgehead atoms. The Labute approximate surface area is 165 Å². The molecular weight excluding hydrogens is 330 g/mol. The van der Waals surface area contributed by atoms with E-state index in [4.69, 9.17) is 0 Å². The van der Waals surface area contributed by atoms with Gasteiger partial charge in [-0.05, 0) is 38.5 Å². The summed E-state index contributed by atoms with van der Waals surface area (Å²) in [6.07, 6.45) is 3.60. The van der Waals surface area contributed by atoms with Crippen molar-refractivity contribution >= 4 is 0 Å². The van der Waals surface area contributed by atoms with E-state index in [2.05, 4.69) is 53.1 Å². The van der Waals surface area contributed by atoms with Crippen LogP contribution < -0.4 is 0 Å². The monoisotopic (exact) mass is 363 g/mol. The topological polar surface area (TPSA) is 30.7 Å². The van der Waals surface area contributed by atoms with Crippen LogP contribution in [0.2, 0.25) is 0 Å². The van der Waals surface area contributed by atoms with Crippen molar-refractivity contribution in [3.63, 3.8) is 0 Å². The van der Waals surface area contributed by atoms with Gasteiger partial charge < -0.3 is 0 Å². The molecule has 2 heterocycles. The molecule has 0 aliphatic carbocycles. The summed E-state index contributed by atoms with van der Waals surface area (Å²) in [4.78, 5) is 4.07. The third-order valence-corrected chi connectivity index (χ3v) is 3.60. The Morgan fingerprint density at radius 1 is 0.778 bits per heavy atom. The van der Waals surface area contributed by atoms with Gasteiger partial charge in [-0.25, -0.2) is 0 Å². The molecule has 27 heavy (non-hydrogen) atoms. The molecule has 0 aliphatic rings. The predicted octanol–water partition coefficient (Wildman–Crippen LogP) is 6.54. The molecule has 0 radical (unpaired) electrons. The summed E-state index contributed by atoms with van der Waals surface area (Å²) < 4.78 is 1.93. The molecule has 0 fully saturated rings. The number of hydrogen-bond acceptors (Lipinski definition) is 2. The molecule has 0 unspecified atom stereocenters. The Morgan fingerprint density at radius 2 is 1.30 bits per heavy atom. The minimum Gasteiger partial charge on any atom is -0.272 e. The van der Waals surface area contributed by atoms with E-state index in [-0.39, 0.29) is 0 Å². The third kappa shape index (κ3) is 7.11. The van der Waals surface area contributed by atoms with Crippen LogP contribution >= 0.6 is 0 Å². The largest absolute Gasteiger partial charge is 0.272 e. The molecule has 0 N–H and O–H groups in total. The molecule has 3 heteroatoms. The molecule has 0 saturated carbocycles. The fraction of sp³-hybridized carbons (Fsp3) is 0.333. The van der Waals surface area contributed by atoms with Gasteiger partial charge >= 0.3 is 0 Å². The van der Waals surface area contributed by atoms with Gasteiger partial charge in [0.25, 0.3) is 0 Å². The smallest absolute Gasteiger partial charge is 0.100 e. The molecule has 3 aromatic rings. The maximum absolute atomic E-state index is 4.65. The van der Waals surface area contributed by atoms with Crippen molar-refractivity contribution in [2.24, 2.45) is 7.05 Å². The normalized spacial score (nSPS) is 8.44. The van der Waals surface area contributed by atoms with E-state index in [1.54, 1.807) is 12.4 Å². The van der Waals surface area contributed by atoms with Gasteiger partial charge in [-0.3, -0.25) is 9.67 Å². The molecule has 3 rings (SSSR count). The molecular formula is C24H33N3. The summed E-state index contributed by atoms with van der Waals surface area (Å²) in [5.41, 5.74) is 5.65. The van der Waals surface area contributed by atoms with Gasteiger partial charge in [-0.15, -0.1) is 11.8 Å². The van der Waals surface area contributed by atoms with Gasteiger partial charge in [0, 0.05) is 36.3 Å². The molecule has 2 aromatic heterocycles. The first kappa shape index (κ1) is 24.1. The van der Waals surface area contributed by atoms with E-state index in [1.165, 1.54) is 11.1 Å². The molecule has 0 amide bonds. The third-order valence-electron chi connectivity index (χ3n) is 3.60. The molecule has 0 atom stereocenters. The van der Waals surface area contributed by atoms with Crippen molar-refractivity contribution in [3.05, 3.63) is 60.6 Å². The second-order valence-corrected chi connectivity index (χ2v) is 5.03. The zero-order valence-corrected chi connectivity index (χ0v) is 18.0. The Bertz CT molecular complexity index is 801. The van der Waals surface area contributed by atoms with Crippen molar-refractivity contribution in [1.82, 2.24) is 14.8 Å². The van der Waals surface area contributed by atoms with Crippen LogP contribution in [0.1, 0.15) is 47.2 Å². The van der Waals surface area contributed by atoms with Gasteiger partial charge in [-0.1, -0.05) is 58.0 Å². The summed E-state index contributed by atoms with van der Waals surface area (Å²) in [7, 11) is 1.98. The fourth-order valence-electron chi connectivity index (χ4n) is 2.27. The maximum atomic E-state index is 4.65. The van der Waals surface area contributed by atoms with Crippen molar-refractivity contribution in [3.8, 4) is 34.2 Å². The van der Waals surface area contributed by atoms with Gasteiger partial charge in [0.15, 0.2) is 0 Å². The molecule has 3 nitrogen and oxygen atoms in total. The van der Waals surface area contributed by atoms with Crippen LogP contribution in [0.3, 0.4) is 0 Å². The van der Waals surface area contributed by atoms with E-state index in [9.17, 15) is 0 Å². The van der Waals surface area contributed by atoms with Crippen molar-refractivity contribution in [2.75, 3.05) is 0 Å². The highest BCUT2D eigenvalue weighted by Gasteiger charge is 2.15. The van der Waals surface area contributed by atoms with Gasteiger partial charge in [0.1, 0.15) is 5.69 Å². The van der Waals surface area contributed by atoms with E-state index in [0.717, 1.165) is 17.0 Å². The molecule has 0 saturated heterocycles. The fourth-order valence-corrected chi connectivity index (χ4v) is 2.27. The highest BCUT2D eigenvalue weighted by atomic mass is 15.3. The lowest BCUT2D eigenvalue weighted by Crippen LogP contribution is -1.92. The van der Waals surface area contributed by atoms with E-state index >= 15 is 0 Å². The van der Waals surface area contributed by atoms with Gasteiger partial charge in [0.2, 0.25) is 0 Å². The Balaban J connectivity index is 0.000000737. The number of pyridine rings is 1. The Hall–Kier alpha value is -2.86. The lowest BCUT2D eigenvalue weighted by molar-refractivity contribution is 0.743.